The van der Waals surface area contributed by atoms with Crippen LogP contribution in [-0.4, -0.2) is 31.6 Å². The predicted octanol–water partition coefficient (Wildman–Crippen LogP) is 4.38. The first-order valence-electron chi connectivity index (χ1n) is 7.49. The van der Waals surface area contributed by atoms with Crippen molar-refractivity contribution in [2.45, 2.75) is 32.2 Å². The fraction of sp³-hybridized carbons (Fsp3) is 0.625. The Kier molecular flexibility index (Phi) is 6.16. The molecule has 1 aliphatic heterocycles. The van der Waals surface area contributed by atoms with Crippen LogP contribution in [0.2, 0.25) is 10.0 Å². The molecule has 0 spiro atoms. The van der Waals surface area contributed by atoms with Crippen LogP contribution in [0, 0.1) is 5.92 Å². The van der Waals surface area contributed by atoms with Gasteiger partial charge in [0.25, 0.3) is 0 Å². The Hall–Kier alpha value is -0.280. The van der Waals surface area contributed by atoms with Gasteiger partial charge in [-0.3, -0.25) is 4.90 Å². The maximum absolute atomic E-state index is 6.44. The maximum Gasteiger partial charge on any atom is 0.0455 e. The van der Waals surface area contributed by atoms with E-state index in [0.717, 1.165) is 29.7 Å². The highest BCUT2D eigenvalue weighted by Crippen LogP contribution is 2.38. The van der Waals surface area contributed by atoms with Gasteiger partial charge in [-0.1, -0.05) is 36.5 Å². The van der Waals surface area contributed by atoms with Gasteiger partial charge in [-0.05, 0) is 69.2 Å². The zero-order valence-corrected chi connectivity index (χ0v) is 13.8. The Balaban J connectivity index is 2.31. The van der Waals surface area contributed by atoms with E-state index < -0.39 is 0 Å². The van der Waals surface area contributed by atoms with Crippen molar-refractivity contribution < 1.29 is 0 Å². The van der Waals surface area contributed by atoms with E-state index in [1.165, 1.54) is 24.8 Å². The first-order valence-corrected chi connectivity index (χ1v) is 8.25. The summed E-state index contributed by atoms with van der Waals surface area (Å²) in [6.07, 6.45) is 3.79. The van der Waals surface area contributed by atoms with Crippen molar-refractivity contribution in [3.05, 3.63) is 33.8 Å². The van der Waals surface area contributed by atoms with Crippen LogP contribution in [0.5, 0.6) is 0 Å². The monoisotopic (exact) mass is 314 g/mol. The number of halogens is 2. The molecule has 20 heavy (non-hydrogen) atoms. The van der Waals surface area contributed by atoms with E-state index in [1.807, 2.05) is 18.2 Å². The number of nitrogens with one attached hydrogen (secondary N) is 1. The highest BCUT2D eigenvalue weighted by molar-refractivity contribution is 6.33. The Labute approximate surface area is 132 Å². The van der Waals surface area contributed by atoms with Crippen molar-refractivity contribution in [3.63, 3.8) is 0 Å². The van der Waals surface area contributed by atoms with Crippen LogP contribution in [0.25, 0.3) is 0 Å². The smallest absolute Gasteiger partial charge is 0.0455 e. The molecule has 1 aromatic carbocycles. The molecule has 1 aromatic rings. The lowest BCUT2D eigenvalue weighted by Crippen LogP contribution is -2.35. The quantitative estimate of drug-likeness (QED) is 0.887. The van der Waals surface area contributed by atoms with Gasteiger partial charge in [0.15, 0.2) is 0 Å². The molecule has 2 atom stereocenters. The molecule has 0 aromatic heterocycles. The Morgan fingerprint density at radius 2 is 2.10 bits per heavy atom. The molecule has 2 nitrogen and oxygen atoms in total. The van der Waals surface area contributed by atoms with Crippen molar-refractivity contribution in [3.8, 4) is 0 Å². The maximum atomic E-state index is 6.44. The van der Waals surface area contributed by atoms with Crippen LogP contribution in [-0.2, 0) is 0 Å². The van der Waals surface area contributed by atoms with Crippen LogP contribution >= 0.6 is 23.2 Å². The summed E-state index contributed by atoms with van der Waals surface area (Å²) in [6.45, 7) is 5.32. The summed E-state index contributed by atoms with van der Waals surface area (Å²) < 4.78 is 0. The van der Waals surface area contributed by atoms with Gasteiger partial charge in [0, 0.05) is 16.1 Å². The van der Waals surface area contributed by atoms with Gasteiger partial charge in [0.2, 0.25) is 0 Å². The lowest BCUT2D eigenvalue weighted by Gasteiger charge is -2.33. The van der Waals surface area contributed by atoms with Crippen molar-refractivity contribution in [1.82, 2.24) is 10.2 Å². The van der Waals surface area contributed by atoms with E-state index in [1.54, 1.807) is 0 Å². The fourth-order valence-corrected chi connectivity index (χ4v) is 3.61. The summed E-state index contributed by atoms with van der Waals surface area (Å²) in [6, 6.07) is 6.17. The Morgan fingerprint density at radius 1 is 1.30 bits per heavy atom. The lowest BCUT2D eigenvalue weighted by atomic mass is 9.89. The molecule has 0 aliphatic carbocycles. The van der Waals surface area contributed by atoms with Gasteiger partial charge in [0.05, 0.1) is 0 Å². The lowest BCUT2D eigenvalue weighted by molar-refractivity contribution is 0.189. The molecule has 2 unspecified atom stereocenters. The number of nitrogens with zero attached hydrogens (tertiary/aromatic N) is 1. The highest BCUT2D eigenvalue weighted by atomic mass is 35.5. The van der Waals surface area contributed by atoms with Gasteiger partial charge in [0.1, 0.15) is 0 Å². The molecule has 112 valence electrons. The van der Waals surface area contributed by atoms with Crippen LogP contribution in [0.15, 0.2) is 18.2 Å². The molecule has 4 heteroatoms. The van der Waals surface area contributed by atoms with E-state index >= 15 is 0 Å². The molecule has 1 N–H and O–H groups in total. The number of hydrogen-bond donors (Lipinski definition) is 1. The summed E-state index contributed by atoms with van der Waals surface area (Å²) >= 11 is 12.6. The normalized spacial score (nSPS) is 24.6. The molecule has 1 saturated heterocycles. The van der Waals surface area contributed by atoms with Crippen LogP contribution in [0.3, 0.4) is 0 Å². The van der Waals surface area contributed by atoms with E-state index in [2.05, 4.69) is 24.2 Å². The largest absolute Gasteiger partial charge is 0.317 e. The minimum Gasteiger partial charge on any atom is -0.317 e. The average molecular weight is 315 g/mol. The molecule has 0 bridgehead atoms. The topological polar surface area (TPSA) is 15.3 Å². The summed E-state index contributed by atoms with van der Waals surface area (Å²) in [7, 11) is 2.20. The van der Waals surface area contributed by atoms with Gasteiger partial charge < -0.3 is 5.32 Å². The molecule has 0 radical (unpaired) electrons. The minimum absolute atomic E-state index is 0.350. The molecule has 1 aliphatic rings. The van der Waals surface area contributed by atoms with Crippen LogP contribution in [0.4, 0.5) is 0 Å². The second-order valence-corrected chi connectivity index (χ2v) is 6.50. The third-order valence-corrected chi connectivity index (χ3v) is 4.77. The van der Waals surface area contributed by atoms with E-state index in [9.17, 15) is 0 Å². The SMILES string of the molecule is CCNCC1CCCCN(C)C1c1cc(Cl)ccc1Cl. The molecule has 1 heterocycles. The molecular weight excluding hydrogens is 291 g/mol. The van der Waals surface area contributed by atoms with Crippen molar-refractivity contribution in [2.75, 3.05) is 26.7 Å². The summed E-state index contributed by atoms with van der Waals surface area (Å²) in [5, 5.41) is 5.09. The zero-order chi connectivity index (χ0) is 14.5. The zero-order valence-electron chi connectivity index (χ0n) is 12.3. The predicted molar refractivity (Wildman–Crippen MR) is 87.7 cm³/mol. The van der Waals surface area contributed by atoms with Crippen LogP contribution < -0.4 is 5.32 Å². The molecule has 2 rings (SSSR count). The summed E-state index contributed by atoms with van der Waals surface area (Å²) in [4.78, 5) is 2.44. The average Bonchev–Trinajstić information content (AvgIpc) is 2.61. The van der Waals surface area contributed by atoms with Crippen LogP contribution in [0.1, 0.15) is 37.8 Å². The third-order valence-electron chi connectivity index (χ3n) is 4.19. The van der Waals surface area contributed by atoms with Gasteiger partial charge in [-0.15, -0.1) is 0 Å². The third kappa shape index (κ3) is 3.88. The number of benzene rings is 1. The van der Waals surface area contributed by atoms with Gasteiger partial charge >= 0.3 is 0 Å². The van der Waals surface area contributed by atoms with Gasteiger partial charge in [-0.2, -0.15) is 0 Å². The number of likely N-dealkylation sites (tertiary alicyclic amines) is 1. The fourth-order valence-electron chi connectivity index (χ4n) is 3.20. The Morgan fingerprint density at radius 3 is 2.85 bits per heavy atom. The number of hydrogen-bond acceptors (Lipinski definition) is 2. The number of rotatable bonds is 4. The molecule has 0 saturated carbocycles. The molecular formula is C16H24Cl2N2. The van der Waals surface area contributed by atoms with E-state index in [0.29, 0.717) is 12.0 Å². The second kappa shape index (κ2) is 7.65. The Bertz CT molecular complexity index is 436. The second-order valence-electron chi connectivity index (χ2n) is 5.65. The van der Waals surface area contributed by atoms with Crippen molar-refractivity contribution >= 4 is 23.2 Å². The first kappa shape index (κ1) is 16.1. The van der Waals surface area contributed by atoms with Crippen molar-refractivity contribution in [2.24, 2.45) is 5.92 Å². The highest BCUT2D eigenvalue weighted by Gasteiger charge is 2.30. The first-order chi connectivity index (χ1) is 9.63. The molecule has 1 fully saturated rings. The standard InChI is InChI=1S/C16H24Cl2N2/c1-3-19-11-12-6-4-5-9-20(2)16(12)14-10-13(17)7-8-15(14)18/h7-8,10,12,16,19H,3-6,9,11H2,1-2H3. The minimum atomic E-state index is 0.350. The van der Waals surface area contributed by atoms with E-state index in [4.69, 9.17) is 23.2 Å². The summed E-state index contributed by atoms with van der Waals surface area (Å²) in [5.41, 5.74) is 1.17. The van der Waals surface area contributed by atoms with Crippen molar-refractivity contribution in [1.29, 1.82) is 0 Å². The van der Waals surface area contributed by atoms with E-state index in [-0.39, 0.29) is 0 Å². The summed E-state index contributed by atoms with van der Waals surface area (Å²) in [5.74, 6) is 0.582. The molecule has 0 amide bonds. The van der Waals surface area contributed by atoms with Gasteiger partial charge in [-0.25, -0.2) is 0 Å².